The van der Waals surface area contributed by atoms with E-state index in [2.05, 4.69) is 10.3 Å². The molecule has 1 amide bonds. The molecule has 120 valence electrons. The van der Waals surface area contributed by atoms with Gasteiger partial charge in [0, 0.05) is 30.1 Å². The largest absolute Gasteiger partial charge is 0.393 e. The lowest BCUT2D eigenvalue weighted by molar-refractivity contribution is -0.383. The van der Waals surface area contributed by atoms with Gasteiger partial charge in [0.25, 0.3) is 11.6 Å². The van der Waals surface area contributed by atoms with Gasteiger partial charge in [-0.2, -0.15) is 0 Å². The van der Waals surface area contributed by atoms with Crippen LogP contribution in [0.5, 0.6) is 0 Å². The summed E-state index contributed by atoms with van der Waals surface area (Å²) in [6, 6.07) is 4.23. The van der Waals surface area contributed by atoms with Gasteiger partial charge in [-0.15, -0.1) is 0 Å². The standard InChI is InChI=1S/C15H17N5O3/c16-11-5-4-10(8-14(11)20(22)23)15(21)18-12-2-1-3-13(12)19-7-6-17-9-19/h4-9,12-13H,1-3,16H2,(H,18,21). The third-order valence-electron chi connectivity index (χ3n) is 4.19. The number of hydrogen-bond acceptors (Lipinski definition) is 5. The Hall–Kier alpha value is -2.90. The van der Waals surface area contributed by atoms with Gasteiger partial charge >= 0.3 is 0 Å². The molecule has 1 aliphatic carbocycles. The second-order valence-electron chi connectivity index (χ2n) is 5.62. The Morgan fingerprint density at radius 1 is 1.43 bits per heavy atom. The number of hydrogen-bond donors (Lipinski definition) is 2. The highest BCUT2D eigenvalue weighted by atomic mass is 16.6. The highest BCUT2D eigenvalue weighted by Crippen LogP contribution is 2.30. The van der Waals surface area contributed by atoms with Gasteiger partial charge in [-0.25, -0.2) is 4.98 Å². The van der Waals surface area contributed by atoms with Gasteiger partial charge in [0.15, 0.2) is 0 Å². The first-order valence-electron chi connectivity index (χ1n) is 7.38. The van der Waals surface area contributed by atoms with Crippen molar-refractivity contribution < 1.29 is 9.72 Å². The SMILES string of the molecule is Nc1ccc(C(=O)NC2CCCC2n2ccnc2)cc1[N+](=O)[O-]. The van der Waals surface area contributed by atoms with E-state index in [4.69, 9.17) is 5.73 Å². The van der Waals surface area contributed by atoms with Crippen molar-refractivity contribution in [3.63, 3.8) is 0 Å². The van der Waals surface area contributed by atoms with Crippen molar-refractivity contribution in [2.45, 2.75) is 31.3 Å². The maximum absolute atomic E-state index is 12.4. The normalized spacial score (nSPS) is 20.3. The van der Waals surface area contributed by atoms with E-state index in [0.29, 0.717) is 0 Å². The van der Waals surface area contributed by atoms with Gasteiger partial charge in [-0.3, -0.25) is 14.9 Å². The first-order chi connectivity index (χ1) is 11.1. The molecule has 0 spiro atoms. The number of nitrogen functional groups attached to an aromatic ring is 1. The second-order valence-corrected chi connectivity index (χ2v) is 5.62. The number of nitrogens with zero attached hydrogens (tertiary/aromatic N) is 3. The third kappa shape index (κ3) is 3.01. The summed E-state index contributed by atoms with van der Waals surface area (Å²) in [6.45, 7) is 0. The van der Waals surface area contributed by atoms with Crippen LogP contribution in [0.25, 0.3) is 0 Å². The highest BCUT2D eigenvalue weighted by molar-refractivity contribution is 5.95. The van der Waals surface area contributed by atoms with E-state index >= 15 is 0 Å². The number of imidazole rings is 1. The van der Waals surface area contributed by atoms with Crippen molar-refractivity contribution in [3.05, 3.63) is 52.6 Å². The van der Waals surface area contributed by atoms with E-state index in [9.17, 15) is 14.9 Å². The van der Waals surface area contributed by atoms with Crippen LogP contribution in [0, 0.1) is 10.1 Å². The summed E-state index contributed by atoms with van der Waals surface area (Å²) < 4.78 is 1.99. The lowest BCUT2D eigenvalue weighted by Crippen LogP contribution is -2.38. The molecular weight excluding hydrogens is 298 g/mol. The van der Waals surface area contributed by atoms with Gasteiger partial charge in [0.05, 0.1) is 17.3 Å². The van der Waals surface area contributed by atoms with Gasteiger partial charge in [0.2, 0.25) is 0 Å². The van der Waals surface area contributed by atoms with Gasteiger partial charge in [-0.05, 0) is 31.4 Å². The summed E-state index contributed by atoms with van der Waals surface area (Å²) in [4.78, 5) is 26.8. The van der Waals surface area contributed by atoms with E-state index < -0.39 is 4.92 Å². The van der Waals surface area contributed by atoms with Crippen LogP contribution in [-0.4, -0.2) is 26.4 Å². The maximum Gasteiger partial charge on any atom is 0.292 e. The molecular formula is C15H17N5O3. The number of nitro benzene ring substituents is 1. The minimum absolute atomic E-state index is 0.0201. The lowest BCUT2D eigenvalue weighted by atomic mass is 10.1. The van der Waals surface area contributed by atoms with Crippen LogP contribution in [0.15, 0.2) is 36.9 Å². The number of carbonyl (C=O) groups is 1. The van der Waals surface area contributed by atoms with Crippen molar-refractivity contribution in [1.82, 2.24) is 14.9 Å². The van der Waals surface area contributed by atoms with E-state index in [1.807, 2.05) is 10.8 Å². The minimum Gasteiger partial charge on any atom is -0.393 e. The monoisotopic (exact) mass is 315 g/mol. The van der Waals surface area contributed by atoms with Crippen molar-refractivity contribution in [2.24, 2.45) is 0 Å². The molecule has 0 bridgehead atoms. The molecule has 1 aromatic heterocycles. The van der Waals surface area contributed by atoms with Crippen LogP contribution >= 0.6 is 0 Å². The van der Waals surface area contributed by atoms with Crippen LogP contribution in [0.4, 0.5) is 11.4 Å². The van der Waals surface area contributed by atoms with E-state index in [0.717, 1.165) is 19.3 Å². The molecule has 1 aliphatic rings. The number of benzene rings is 1. The fraction of sp³-hybridized carbons (Fsp3) is 0.333. The zero-order chi connectivity index (χ0) is 16.4. The molecule has 2 aromatic rings. The molecule has 1 aromatic carbocycles. The zero-order valence-corrected chi connectivity index (χ0v) is 12.4. The minimum atomic E-state index is -0.587. The maximum atomic E-state index is 12.4. The molecule has 1 heterocycles. The second kappa shape index (κ2) is 6.07. The molecule has 8 nitrogen and oxygen atoms in total. The highest BCUT2D eigenvalue weighted by Gasteiger charge is 2.30. The molecule has 3 N–H and O–H groups in total. The van der Waals surface area contributed by atoms with E-state index in [-0.39, 0.29) is 34.9 Å². The Bertz CT molecular complexity index is 729. The van der Waals surface area contributed by atoms with Crippen LogP contribution < -0.4 is 11.1 Å². The van der Waals surface area contributed by atoms with Gasteiger partial charge < -0.3 is 15.6 Å². The van der Waals surface area contributed by atoms with Crippen molar-refractivity contribution >= 4 is 17.3 Å². The predicted molar refractivity (Wildman–Crippen MR) is 83.9 cm³/mol. The van der Waals surface area contributed by atoms with Crippen LogP contribution in [0.1, 0.15) is 35.7 Å². The summed E-state index contributed by atoms with van der Waals surface area (Å²) in [6.07, 6.45) is 8.16. The van der Waals surface area contributed by atoms with Crippen LogP contribution in [0.3, 0.4) is 0 Å². The van der Waals surface area contributed by atoms with Crippen LogP contribution in [-0.2, 0) is 0 Å². The molecule has 0 aliphatic heterocycles. The van der Waals surface area contributed by atoms with E-state index in [1.54, 1.807) is 12.5 Å². The Labute approximate surface area is 132 Å². The number of nitrogens with two attached hydrogens (primary N) is 1. The molecule has 3 rings (SSSR count). The summed E-state index contributed by atoms with van der Waals surface area (Å²) >= 11 is 0. The molecule has 0 saturated heterocycles. The Kier molecular flexibility index (Phi) is 3.96. The summed E-state index contributed by atoms with van der Waals surface area (Å²) in [7, 11) is 0. The van der Waals surface area contributed by atoms with E-state index in [1.165, 1.54) is 18.2 Å². The Morgan fingerprint density at radius 3 is 2.96 bits per heavy atom. The first-order valence-corrected chi connectivity index (χ1v) is 7.38. The third-order valence-corrected chi connectivity index (χ3v) is 4.19. The predicted octanol–water partition coefficient (Wildman–Crippen LogP) is 1.90. The van der Waals surface area contributed by atoms with Gasteiger partial charge in [-0.1, -0.05) is 0 Å². The summed E-state index contributed by atoms with van der Waals surface area (Å²) in [5, 5.41) is 13.9. The van der Waals surface area contributed by atoms with Crippen molar-refractivity contribution in [1.29, 1.82) is 0 Å². The molecule has 1 fully saturated rings. The number of rotatable bonds is 4. The lowest BCUT2D eigenvalue weighted by Gasteiger charge is -2.22. The number of anilines is 1. The van der Waals surface area contributed by atoms with Gasteiger partial charge in [0.1, 0.15) is 5.69 Å². The molecule has 2 unspecified atom stereocenters. The molecule has 23 heavy (non-hydrogen) atoms. The number of aromatic nitrogens is 2. The number of nitro groups is 1. The van der Waals surface area contributed by atoms with Crippen LogP contribution in [0.2, 0.25) is 0 Å². The number of amides is 1. The Morgan fingerprint density at radius 2 is 2.26 bits per heavy atom. The fourth-order valence-electron chi connectivity index (χ4n) is 3.03. The number of nitrogens with one attached hydrogen (secondary N) is 1. The Balaban J connectivity index is 1.76. The zero-order valence-electron chi connectivity index (χ0n) is 12.4. The summed E-state index contributed by atoms with van der Waals surface area (Å²) in [5.41, 5.74) is 5.59. The topological polar surface area (TPSA) is 116 Å². The van der Waals surface area contributed by atoms with Crippen molar-refractivity contribution in [2.75, 3.05) is 5.73 Å². The average Bonchev–Trinajstić information content (AvgIpc) is 3.17. The number of carbonyl (C=O) groups excluding carboxylic acids is 1. The first kappa shape index (κ1) is 15.0. The average molecular weight is 315 g/mol. The summed E-state index contributed by atoms with van der Waals surface area (Å²) in [5.74, 6) is -0.329. The molecule has 0 radical (unpaired) electrons. The smallest absolute Gasteiger partial charge is 0.292 e. The van der Waals surface area contributed by atoms with Crippen molar-refractivity contribution in [3.8, 4) is 0 Å². The fourth-order valence-corrected chi connectivity index (χ4v) is 3.03. The molecule has 8 heteroatoms. The molecule has 1 saturated carbocycles. The quantitative estimate of drug-likeness (QED) is 0.508. The molecule has 2 atom stereocenters.